The van der Waals surface area contributed by atoms with Crippen LogP contribution in [0.15, 0.2) is 6.33 Å². The number of hydrogen-bond acceptors (Lipinski definition) is 5. The van der Waals surface area contributed by atoms with Crippen molar-refractivity contribution in [2.24, 2.45) is 0 Å². The quantitative estimate of drug-likeness (QED) is 0.822. The van der Waals surface area contributed by atoms with Gasteiger partial charge in [0.2, 0.25) is 0 Å². The van der Waals surface area contributed by atoms with Crippen LogP contribution in [0.3, 0.4) is 0 Å². The van der Waals surface area contributed by atoms with Gasteiger partial charge >= 0.3 is 0 Å². The Morgan fingerprint density at radius 2 is 2.11 bits per heavy atom. The Bertz CT molecular complexity index is 408. The first-order valence-electron chi connectivity index (χ1n) is 6.15. The van der Waals surface area contributed by atoms with Crippen LogP contribution in [-0.4, -0.2) is 34.3 Å². The van der Waals surface area contributed by atoms with Gasteiger partial charge in [-0.25, -0.2) is 9.97 Å². The van der Waals surface area contributed by atoms with Crippen LogP contribution in [-0.2, 0) is 0 Å². The van der Waals surface area contributed by atoms with Crippen LogP contribution >= 0.6 is 11.6 Å². The minimum Gasteiger partial charge on any atom is -0.490 e. The van der Waals surface area contributed by atoms with Gasteiger partial charge in [0.1, 0.15) is 6.33 Å². The number of nitrogens with one attached hydrogen (secondary N) is 1. The molecule has 0 bridgehead atoms. The maximum absolute atomic E-state index is 10.4. The molecule has 0 radical (unpaired) electrons. The Balaban J connectivity index is 2.03. The average molecular weight is 272 g/mol. The number of nitrogens with zero attached hydrogens (tertiary/aromatic N) is 2. The van der Waals surface area contributed by atoms with Crippen molar-refractivity contribution >= 4 is 17.4 Å². The average Bonchev–Trinajstić information content (AvgIpc) is 2.37. The lowest BCUT2D eigenvalue weighted by Gasteiger charge is -2.32. The van der Waals surface area contributed by atoms with E-state index in [4.69, 9.17) is 16.3 Å². The summed E-state index contributed by atoms with van der Waals surface area (Å²) < 4.78 is 5.15. The van der Waals surface area contributed by atoms with Crippen molar-refractivity contribution in [3.05, 3.63) is 11.5 Å². The van der Waals surface area contributed by atoms with Gasteiger partial charge in [0, 0.05) is 6.54 Å². The number of rotatable bonds is 4. The van der Waals surface area contributed by atoms with Gasteiger partial charge in [-0.1, -0.05) is 30.9 Å². The van der Waals surface area contributed by atoms with Crippen molar-refractivity contribution < 1.29 is 9.84 Å². The zero-order valence-corrected chi connectivity index (χ0v) is 11.2. The molecule has 1 aliphatic rings. The summed E-state index contributed by atoms with van der Waals surface area (Å²) in [5.41, 5.74) is -0.652. The summed E-state index contributed by atoms with van der Waals surface area (Å²) in [6.45, 7) is 0.455. The number of hydrogen-bond donors (Lipinski definition) is 2. The SMILES string of the molecule is COc1c(Cl)ncnc1NCC1(O)CCCCC1. The normalized spacial score (nSPS) is 18.4. The minimum atomic E-state index is -0.652. The first-order valence-corrected chi connectivity index (χ1v) is 6.53. The molecule has 6 heteroatoms. The molecule has 0 atom stereocenters. The fourth-order valence-corrected chi connectivity index (χ4v) is 2.50. The van der Waals surface area contributed by atoms with E-state index in [1.165, 1.54) is 19.9 Å². The van der Waals surface area contributed by atoms with Crippen LogP contribution in [0.1, 0.15) is 32.1 Å². The number of halogens is 1. The molecule has 0 unspecified atom stereocenters. The molecule has 1 heterocycles. The fraction of sp³-hybridized carbons (Fsp3) is 0.667. The molecule has 0 aromatic carbocycles. The number of anilines is 1. The summed E-state index contributed by atoms with van der Waals surface area (Å²) in [6.07, 6.45) is 6.35. The third kappa shape index (κ3) is 3.03. The zero-order valence-electron chi connectivity index (χ0n) is 10.4. The van der Waals surface area contributed by atoms with E-state index >= 15 is 0 Å². The monoisotopic (exact) mass is 271 g/mol. The van der Waals surface area contributed by atoms with E-state index in [0.717, 1.165) is 25.7 Å². The van der Waals surface area contributed by atoms with Gasteiger partial charge in [0.25, 0.3) is 0 Å². The van der Waals surface area contributed by atoms with Crippen LogP contribution in [0.5, 0.6) is 5.75 Å². The highest BCUT2D eigenvalue weighted by Crippen LogP contribution is 2.31. The first kappa shape index (κ1) is 13.4. The second kappa shape index (κ2) is 5.71. The van der Waals surface area contributed by atoms with Gasteiger partial charge in [-0.15, -0.1) is 0 Å². The highest BCUT2D eigenvalue weighted by atomic mass is 35.5. The van der Waals surface area contributed by atoms with Gasteiger partial charge in [-0.2, -0.15) is 0 Å². The summed E-state index contributed by atoms with van der Waals surface area (Å²) in [6, 6.07) is 0. The molecule has 5 nitrogen and oxygen atoms in total. The molecule has 2 N–H and O–H groups in total. The standard InChI is InChI=1S/C12H18ClN3O2/c1-18-9-10(13)15-8-16-11(9)14-7-12(17)5-3-2-4-6-12/h8,17H,2-7H2,1H3,(H,14,15,16). The molecule has 1 saturated carbocycles. The second-order valence-electron chi connectivity index (χ2n) is 4.68. The summed E-state index contributed by atoms with van der Waals surface area (Å²) >= 11 is 5.91. The molecule has 1 aromatic heterocycles. The Morgan fingerprint density at radius 1 is 1.39 bits per heavy atom. The Morgan fingerprint density at radius 3 is 2.78 bits per heavy atom. The van der Waals surface area contributed by atoms with Crippen LogP contribution in [0, 0.1) is 0 Å². The van der Waals surface area contributed by atoms with Crippen LogP contribution in [0.2, 0.25) is 5.15 Å². The topological polar surface area (TPSA) is 67.3 Å². The molecule has 1 aliphatic carbocycles. The summed E-state index contributed by atoms with van der Waals surface area (Å²) in [7, 11) is 1.52. The molecule has 0 aliphatic heterocycles. The molecule has 2 rings (SSSR count). The molecular formula is C12H18ClN3O2. The summed E-state index contributed by atoms with van der Waals surface area (Å²) in [4.78, 5) is 7.93. The van der Waals surface area contributed by atoms with Crippen molar-refractivity contribution in [2.75, 3.05) is 19.0 Å². The first-order chi connectivity index (χ1) is 8.64. The van der Waals surface area contributed by atoms with E-state index in [1.54, 1.807) is 0 Å². The Kier molecular flexibility index (Phi) is 4.24. The van der Waals surface area contributed by atoms with Crippen molar-refractivity contribution in [2.45, 2.75) is 37.7 Å². The molecule has 100 valence electrons. The Labute approximate surface area is 112 Å². The third-order valence-corrected chi connectivity index (χ3v) is 3.60. The number of aromatic nitrogens is 2. The predicted molar refractivity (Wildman–Crippen MR) is 70.1 cm³/mol. The van der Waals surface area contributed by atoms with Crippen molar-refractivity contribution in [3.8, 4) is 5.75 Å². The van der Waals surface area contributed by atoms with Crippen molar-refractivity contribution in [1.82, 2.24) is 9.97 Å². The van der Waals surface area contributed by atoms with Gasteiger partial charge < -0.3 is 15.2 Å². The molecule has 0 spiro atoms. The lowest BCUT2D eigenvalue weighted by molar-refractivity contribution is 0.0166. The second-order valence-corrected chi connectivity index (χ2v) is 5.04. The number of methoxy groups -OCH3 is 1. The molecule has 0 amide bonds. The summed E-state index contributed by atoms with van der Waals surface area (Å²) in [5.74, 6) is 0.940. The van der Waals surface area contributed by atoms with E-state index in [9.17, 15) is 5.11 Å². The molecule has 1 fully saturated rings. The van der Waals surface area contributed by atoms with E-state index in [2.05, 4.69) is 15.3 Å². The smallest absolute Gasteiger partial charge is 0.198 e. The highest BCUT2D eigenvalue weighted by molar-refractivity contribution is 6.31. The lowest BCUT2D eigenvalue weighted by Crippen LogP contribution is -2.39. The van der Waals surface area contributed by atoms with Crippen LogP contribution in [0.25, 0.3) is 0 Å². The van der Waals surface area contributed by atoms with E-state index in [0.29, 0.717) is 18.1 Å². The van der Waals surface area contributed by atoms with E-state index in [-0.39, 0.29) is 5.15 Å². The molecule has 1 aromatic rings. The molecule has 18 heavy (non-hydrogen) atoms. The van der Waals surface area contributed by atoms with Gasteiger partial charge in [0.05, 0.1) is 12.7 Å². The zero-order chi connectivity index (χ0) is 13.0. The van der Waals surface area contributed by atoms with Crippen LogP contribution < -0.4 is 10.1 Å². The molecule has 0 saturated heterocycles. The maximum Gasteiger partial charge on any atom is 0.198 e. The van der Waals surface area contributed by atoms with Crippen LogP contribution in [0.4, 0.5) is 5.82 Å². The van der Waals surface area contributed by atoms with E-state index in [1.807, 2.05) is 0 Å². The summed E-state index contributed by atoms with van der Waals surface area (Å²) in [5, 5.41) is 13.8. The minimum absolute atomic E-state index is 0.269. The van der Waals surface area contributed by atoms with E-state index < -0.39 is 5.60 Å². The van der Waals surface area contributed by atoms with Gasteiger partial charge in [-0.05, 0) is 12.8 Å². The fourth-order valence-electron chi connectivity index (χ4n) is 2.29. The Hall–Kier alpha value is -1.07. The predicted octanol–water partition coefficient (Wildman–Crippen LogP) is 2.25. The highest BCUT2D eigenvalue weighted by Gasteiger charge is 2.29. The van der Waals surface area contributed by atoms with Crippen molar-refractivity contribution in [1.29, 1.82) is 0 Å². The maximum atomic E-state index is 10.4. The van der Waals surface area contributed by atoms with Crippen molar-refractivity contribution in [3.63, 3.8) is 0 Å². The largest absolute Gasteiger partial charge is 0.490 e. The van der Waals surface area contributed by atoms with Gasteiger partial charge in [0.15, 0.2) is 16.7 Å². The third-order valence-electron chi connectivity index (χ3n) is 3.33. The van der Waals surface area contributed by atoms with Gasteiger partial charge in [-0.3, -0.25) is 0 Å². The number of ether oxygens (including phenoxy) is 1. The lowest BCUT2D eigenvalue weighted by atomic mass is 9.85. The number of aliphatic hydroxyl groups is 1. The molecular weight excluding hydrogens is 254 g/mol.